The van der Waals surface area contributed by atoms with Crippen molar-refractivity contribution in [1.82, 2.24) is 9.88 Å². The Morgan fingerprint density at radius 3 is 2.41 bits per heavy atom. The van der Waals surface area contributed by atoms with Gasteiger partial charge in [-0.25, -0.2) is 0 Å². The summed E-state index contributed by atoms with van der Waals surface area (Å²) in [5.41, 5.74) is 2.27. The molecule has 4 heteroatoms. The highest BCUT2D eigenvalue weighted by atomic mass is 16.3. The second kappa shape index (κ2) is 7.96. The summed E-state index contributed by atoms with van der Waals surface area (Å²) in [5, 5.41) is 11.0. The summed E-state index contributed by atoms with van der Waals surface area (Å²) in [6.45, 7) is 3.37. The number of benzene rings is 1. The summed E-state index contributed by atoms with van der Waals surface area (Å²) in [5.74, 6) is 0.0692. The summed E-state index contributed by atoms with van der Waals surface area (Å²) in [6.07, 6.45) is 12.4. The normalized spacial score (nSPS) is 23.5. The van der Waals surface area contributed by atoms with Crippen LogP contribution in [0.2, 0.25) is 0 Å². The fourth-order valence-electron chi connectivity index (χ4n) is 4.30. The van der Waals surface area contributed by atoms with Crippen LogP contribution in [0.4, 0.5) is 0 Å². The Morgan fingerprint density at radius 2 is 1.79 bits per heavy atom. The first kappa shape index (κ1) is 19.6. The Balaban J connectivity index is 1.36. The van der Waals surface area contributed by atoms with Crippen LogP contribution in [0, 0.1) is 0 Å². The largest absolute Gasteiger partial charge is 0.389 e. The van der Waals surface area contributed by atoms with Crippen molar-refractivity contribution in [3.8, 4) is 0 Å². The summed E-state index contributed by atoms with van der Waals surface area (Å²) in [4.78, 5) is 19.0. The summed E-state index contributed by atoms with van der Waals surface area (Å²) in [6, 6.07) is 14.1. The van der Waals surface area contributed by atoms with Crippen LogP contribution in [0.5, 0.6) is 0 Å². The third kappa shape index (κ3) is 4.33. The van der Waals surface area contributed by atoms with Crippen molar-refractivity contribution < 1.29 is 9.90 Å². The monoisotopic (exact) mass is 388 g/mol. The maximum absolute atomic E-state index is 13.0. The van der Waals surface area contributed by atoms with Gasteiger partial charge in [0.05, 0.1) is 5.60 Å². The number of amides is 1. The minimum atomic E-state index is -0.727. The molecule has 2 aliphatic rings. The van der Waals surface area contributed by atoms with Gasteiger partial charge in [0, 0.05) is 42.9 Å². The van der Waals surface area contributed by atoms with Gasteiger partial charge in [-0.15, -0.1) is 0 Å². The quantitative estimate of drug-likeness (QED) is 0.866. The molecule has 0 saturated carbocycles. The van der Waals surface area contributed by atoms with Crippen LogP contribution in [-0.2, 0) is 16.6 Å². The molecular weight excluding hydrogens is 360 g/mol. The number of aromatic nitrogens is 1. The van der Waals surface area contributed by atoms with Gasteiger partial charge in [-0.2, -0.15) is 0 Å². The van der Waals surface area contributed by atoms with E-state index < -0.39 is 5.60 Å². The standard InChI is InChI=1S/C25H28N2O2/c1-24(22-9-15-26-16-10-22)11-7-21(8-12-24)23(28)27-17-13-25(29,14-18-27)19-20-5-3-2-4-6-20/h2-11,15-16,29H,12-14,17-19H2,1H3. The first-order valence-electron chi connectivity index (χ1n) is 10.3. The molecule has 1 N–H and O–H groups in total. The van der Waals surface area contributed by atoms with Crippen LogP contribution in [0.3, 0.4) is 0 Å². The molecule has 1 aliphatic heterocycles. The number of hydrogen-bond donors (Lipinski definition) is 1. The highest BCUT2D eigenvalue weighted by Crippen LogP contribution is 2.34. The molecule has 1 saturated heterocycles. The van der Waals surface area contributed by atoms with E-state index in [1.165, 1.54) is 5.56 Å². The van der Waals surface area contributed by atoms with E-state index in [9.17, 15) is 9.90 Å². The van der Waals surface area contributed by atoms with E-state index in [1.54, 1.807) is 0 Å². The number of carbonyl (C=O) groups is 1. The molecule has 2 heterocycles. The number of aliphatic hydroxyl groups is 1. The molecule has 150 valence electrons. The lowest BCUT2D eigenvalue weighted by molar-refractivity contribution is -0.131. The van der Waals surface area contributed by atoms with Gasteiger partial charge in [0.25, 0.3) is 5.91 Å². The molecule has 4 rings (SSSR count). The van der Waals surface area contributed by atoms with Crippen LogP contribution in [0.1, 0.15) is 37.3 Å². The molecule has 2 aromatic rings. The Bertz CT molecular complexity index is 912. The Morgan fingerprint density at radius 1 is 1.10 bits per heavy atom. The molecule has 4 nitrogen and oxygen atoms in total. The average molecular weight is 389 g/mol. The lowest BCUT2D eigenvalue weighted by Gasteiger charge is -2.39. The zero-order valence-electron chi connectivity index (χ0n) is 16.9. The third-order valence-electron chi connectivity index (χ3n) is 6.32. The second-order valence-electron chi connectivity index (χ2n) is 8.53. The van der Waals surface area contributed by atoms with Crippen molar-refractivity contribution in [2.75, 3.05) is 13.1 Å². The van der Waals surface area contributed by atoms with Crippen molar-refractivity contribution in [2.45, 2.75) is 43.6 Å². The van der Waals surface area contributed by atoms with Gasteiger partial charge in [-0.1, -0.05) is 55.5 Å². The zero-order chi connectivity index (χ0) is 20.3. The summed E-state index contributed by atoms with van der Waals surface area (Å²) in [7, 11) is 0. The smallest absolute Gasteiger partial charge is 0.253 e. The first-order chi connectivity index (χ1) is 14.0. The molecule has 0 spiro atoms. The van der Waals surface area contributed by atoms with Crippen molar-refractivity contribution in [3.63, 3.8) is 0 Å². The van der Waals surface area contributed by atoms with E-state index in [1.807, 2.05) is 71.9 Å². The highest BCUT2D eigenvalue weighted by molar-refractivity contribution is 5.96. The van der Waals surface area contributed by atoms with E-state index in [4.69, 9.17) is 0 Å². The van der Waals surface area contributed by atoms with Crippen molar-refractivity contribution in [1.29, 1.82) is 0 Å². The molecule has 1 aliphatic carbocycles. The Labute approximate surface area is 172 Å². The lowest BCUT2D eigenvalue weighted by atomic mass is 9.76. The predicted octanol–water partition coefficient (Wildman–Crippen LogP) is 3.82. The van der Waals surface area contributed by atoms with Crippen LogP contribution in [0.15, 0.2) is 78.7 Å². The van der Waals surface area contributed by atoms with Gasteiger partial charge in [-0.3, -0.25) is 9.78 Å². The number of hydrogen-bond acceptors (Lipinski definition) is 3. The maximum atomic E-state index is 13.0. The van der Waals surface area contributed by atoms with Crippen LogP contribution in [-0.4, -0.2) is 39.6 Å². The molecule has 1 aromatic carbocycles. The highest BCUT2D eigenvalue weighted by Gasteiger charge is 2.35. The Hall–Kier alpha value is -2.72. The maximum Gasteiger partial charge on any atom is 0.253 e. The second-order valence-corrected chi connectivity index (χ2v) is 8.53. The van der Waals surface area contributed by atoms with Gasteiger partial charge in [0.2, 0.25) is 0 Å². The van der Waals surface area contributed by atoms with Gasteiger partial charge in [0.15, 0.2) is 0 Å². The van der Waals surface area contributed by atoms with Gasteiger partial charge < -0.3 is 10.0 Å². The molecule has 0 radical (unpaired) electrons. The van der Waals surface area contributed by atoms with E-state index in [2.05, 4.69) is 18.0 Å². The number of rotatable bonds is 4. The van der Waals surface area contributed by atoms with Crippen molar-refractivity contribution in [2.24, 2.45) is 0 Å². The molecule has 1 atom stereocenters. The molecule has 0 bridgehead atoms. The Kier molecular flexibility index (Phi) is 5.37. The van der Waals surface area contributed by atoms with Crippen LogP contribution < -0.4 is 0 Å². The number of nitrogens with zero attached hydrogens (tertiary/aromatic N) is 2. The third-order valence-corrected chi connectivity index (χ3v) is 6.32. The molecular formula is C25H28N2O2. The molecule has 1 unspecified atom stereocenters. The fourth-order valence-corrected chi connectivity index (χ4v) is 4.30. The predicted molar refractivity (Wildman–Crippen MR) is 114 cm³/mol. The van der Waals surface area contributed by atoms with Gasteiger partial charge >= 0.3 is 0 Å². The summed E-state index contributed by atoms with van der Waals surface area (Å²) < 4.78 is 0. The number of allylic oxidation sites excluding steroid dienone is 2. The van der Waals surface area contributed by atoms with E-state index in [-0.39, 0.29) is 11.3 Å². The van der Waals surface area contributed by atoms with Crippen LogP contribution in [0.25, 0.3) is 0 Å². The van der Waals surface area contributed by atoms with Crippen molar-refractivity contribution in [3.05, 3.63) is 89.8 Å². The SMILES string of the molecule is CC1(c2ccncc2)C=CC(C(=O)N2CCC(O)(Cc3ccccc3)CC2)=CC1. The number of likely N-dealkylation sites (tertiary alicyclic amines) is 1. The molecule has 1 amide bonds. The van der Waals surface area contributed by atoms with E-state index >= 15 is 0 Å². The molecule has 1 fully saturated rings. The molecule has 1 aromatic heterocycles. The number of pyridine rings is 1. The van der Waals surface area contributed by atoms with Gasteiger partial charge in [-0.05, 0) is 42.5 Å². The minimum Gasteiger partial charge on any atom is -0.389 e. The lowest BCUT2D eigenvalue weighted by Crippen LogP contribution is -2.48. The van der Waals surface area contributed by atoms with E-state index in [0.29, 0.717) is 32.4 Å². The first-order valence-corrected chi connectivity index (χ1v) is 10.3. The topological polar surface area (TPSA) is 53.4 Å². The number of carbonyl (C=O) groups excluding carboxylic acids is 1. The van der Waals surface area contributed by atoms with E-state index in [0.717, 1.165) is 17.6 Å². The minimum absolute atomic E-state index is 0.0692. The zero-order valence-corrected chi connectivity index (χ0v) is 16.9. The average Bonchev–Trinajstić information content (AvgIpc) is 2.75. The summed E-state index contributed by atoms with van der Waals surface area (Å²) >= 11 is 0. The van der Waals surface area contributed by atoms with Crippen LogP contribution >= 0.6 is 0 Å². The van der Waals surface area contributed by atoms with Crippen molar-refractivity contribution >= 4 is 5.91 Å². The fraction of sp³-hybridized carbons (Fsp3) is 0.360. The molecule has 29 heavy (non-hydrogen) atoms. The number of piperidine rings is 1. The van der Waals surface area contributed by atoms with Gasteiger partial charge in [0.1, 0.15) is 0 Å².